The lowest BCUT2D eigenvalue weighted by atomic mass is 9.97. The van der Waals surface area contributed by atoms with E-state index in [-0.39, 0.29) is 95.0 Å². The van der Waals surface area contributed by atoms with E-state index in [1.54, 1.807) is 0 Å². The van der Waals surface area contributed by atoms with E-state index >= 15 is 0 Å². The van der Waals surface area contributed by atoms with E-state index in [1.165, 1.54) is 50.2 Å². The zero-order chi connectivity index (χ0) is 69.8. The maximum atomic E-state index is 12.5. The first kappa shape index (κ1) is 73.3. The average Bonchev–Trinajstić information content (AvgIpc) is 0.851. The molecular weight excluding hydrogens is 1270 g/mol. The number of alkyl halides is 3. The molecule has 2 N–H and O–H groups in total. The third-order valence-corrected chi connectivity index (χ3v) is 15.4. The molecule has 0 atom stereocenters. The number of nitrogens with zero attached hydrogens (tertiary/aromatic N) is 5. The second kappa shape index (κ2) is 34.8. The fourth-order valence-corrected chi connectivity index (χ4v) is 10.7. The Morgan fingerprint density at radius 1 is 0.500 bits per heavy atom. The summed E-state index contributed by atoms with van der Waals surface area (Å²) >= 11 is 0. The summed E-state index contributed by atoms with van der Waals surface area (Å²) in [7, 11) is 1.45. The molecule has 30 heteroatoms. The molecule has 5 amide bonds. The Balaban J connectivity index is 0.000000170. The van der Waals surface area contributed by atoms with E-state index < -0.39 is 83.2 Å². The Labute approximate surface area is 543 Å². The Hall–Kier alpha value is -10.2. The van der Waals surface area contributed by atoms with Gasteiger partial charge < -0.3 is 41.5 Å². The van der Waals surface area contributed by atoms with Gasteiger partial charge in [0.2, 0.25) is 37.3 Å². The molecule has 0 aromatic carbocycles. The highest BCUT2D eigenvalue weighted by Gasteiger charge is 2.34. The van der Waals surface area contributed by atoms with Crippen LogP contribution in [0.15, 0.2) is 101 Å². The molecule has 6 aromatic heterocycles. The van der Waals surface area contributed by atoms with E-state index in [0.29, 0.717) is 71.0 Å². The van der Waals surface area contributed by atoms with Crippen LogP contribution >= 0.6 is 0 Å². The molecule has 0 bridgehead atoms. The smallest absolute Gasteiger partial charge is 0.364 e. The number of carbonyl (C=O) groups excluding carboxylic acids is 5. The topological polar surface area (TPSA) is 380 Å². The summed E-state index contributed by atoms with van der Waals surface area (Å²) in [5, 5.41) is 9.49. The third-order valence-electron chi connectivity index (χ3n) is 15.4. The molecule has 6 aromatic rings. The number of H-pyrrole nitrogens is 1. The van der Waals surface area contributed by atoms with Crippen LogP contribution in [0.3, 0.4) is 0 Å². The quantitative estimate of drug-likeness (QED) is 0.0570. The predicted molar refractivity (Wildman–Crippen MR) is 337 cm³/mol. The van der Waals surface area contributed by atoms with E-state index in [9.17, 15) is 75.9 Å². The molecule has 5 aliphatic rings. The maximum Gasteiger partial charge on any atom is 0.364 e. The number of likely N-dealkylation sites (N-methyl/N-ethyl adjacent to an activating group) is 1. The SMILES string of the molecule is CCCCc1cc(=O)oc2c1C(=O)N(C)C(=O)C2.CCCCc1cc(=O)oc2c1C(OCCF)=NC(=O)C2.CCCCc1cc(=O)oc2c1C(OCF)=NC(=O)C2.CCCCc1cc(=O)oc2c1c(=O)[nH]c(=O)n2O.O=C1Cc2oc(=O)cc(CCCC3CC3)c2C(OCF)=N1. The number of imide groups is 1. The minimum absolute atomic E-state index is 0.0211. The lowest BCUT2D eigenvalue weighted by molar-refractivity contribution is -0.127. The van der Waals surface area contributed by atoms with Gasteiger partial charge in [-0.15, -0.1) is 0 Å². The van der Waals surface area contributed by atoms with E-state index in [2.05, 4.69) is 15.0 Å². The summed E-state index contributed by atoms with van der Waals surface area (Å²) in [6.45, 7) is 5.05. The molecule has 1 fully saturated rings. The normalized spacial score (nSPS) is 14.3. The van der Waals surface area contributed by atoms with Crippen molar-refractivity contribution in [3.8, 4) is 0 Å². The Morgan fingerprint density at radius 3 is 1.26 bits per heavy atom. The van der Waals surface area contributed by atoms with Gasteiger partial charge >= 0.3 is 33.8 Å². The second-order valence-electron chi connectivity index (χ2n) is 22.6. The number of hydrogen-bond donors (Lipinski definition) is 2. The third kappa shape index (κ3) is 19.3. The first-order valence-corrected chi connectivity index (χ1v) is 31.4. The van der Waals surface area contributed by atoms with Crippen LogP contribution in [0.5, 0.6) is 0 Å². The van der Waals surface area contributed by atoms with Gasteiger partial charge in [0.25, 0.3) is 34.9 Å². The van der Waals surface area contributed by atoms with Gasteiger partial charge in [0, 0.05) is 37.4 Å². The number of aromatic nitrogens is 2. The average molecular weight is 1340 g/mol. The van der Waals surface area contributed by atoms with Crippen LogP contribution in [-0.2, 0) is 91.2 Å². The molecule has 0 saturated heterocycles. The molecule has 4 aliphatic heterocycles. The predicted octanol–water partition coefficient (Wildman–Crippen LogP) is 7.06. The van der Waals surface area contributed by atoms with Gasteiger partial charge in [-0.1, -0.05) is 77.4 Å². The molecule has 27 nitrogen and oxygen atoms in total. The van der Waals surface area contributed by atoms with Gasteiger partial charge in [0.15, 0.2) is 0 Å². The zero-order valence-electron chi connectivity index (χ0n) is 53.6. The van der Waals surface area contributed by atoms with E-state index in [1.807, 2.05) is 32.7 Å². The van der Waals surface area contributed by atoms with Crippen molar-refractivity contribution in [1.29, 1.82) is 0 Å². The summed E-state index contributed by atoms with van der Waals surface area (Å²) in [4.78, 5) is 152. The maximum absolute atomic E-state index is 12.5. The number of amides is 5. The number of ether oxygens (including phenoxy) is 3. The van der Waals surface area contributed by atoms with Crippen molar-refractivity contribution >= 4 is 58.3 Å². The lowest BCUT2D eigenvalue weighted by Gasteiger charge is -2.23. The molecular formula is C66H73F3N6O21. The fourth-order valence-electron chi connectivity index (χ4n) is 10.7. The zero-order valence-corrected chi connectivity index (χ0v) is 53.6. The standard InChI is InChI=1S/C15H16FNO4.C14H16FNO4.C13H14FNO4.C13H15NO4.C11H12N2O5/c16-8-20-15-14-10(3-1-2-9-4-5-9)6-13(19)21-11(14)7-12(18)17-15;1-2-3-4-9-7-12(18)20-10-8-11(17)16-14(13(9)10)19-6-5-15;1-2-3-4-8-5-11(17)19-9-6-10(16)15-13(12(8)9)18-7-14;1-3-4-5-8-6-11(16)18-9-7-10(15)14(2)13(17)12(8)9;1-2-3-4-6-5-7(14)18-10-8(6)9(15)12-11(16)13(10)17/h6,9H,1-5,7-8H2;7H,2-6,8H2,1H3;5H,2-4,6-7H2,1H3;6H,3-5,7H2,1-2H3;5,17H,2-4H2,1H3,(H,12,15,16). The van der Waals surface area contributed by atoms with Gasteiger partial charge in [0.1, 0.15) is 41.7 Å². The monoisotopic (exact) mass is 1340 g/mol. The van der Waals surface area contributed by atoms with Gasteiger partial charge in [-0.2, -0.15) is 15.0 Å². The molecule has 0 unspecified atom stereocenters. The number of fused-ring (bicyclic) bond motifs is 5. The molecule has 96 heavy (non-hydrogen) atoms. The summed E-state index contributed by atoms with van der Waals surface area (Å²) in [5.41, 5.74) is 0.326. The number of nitrogens with one attached hydrogen (secondary N) is 1. The van der Waals surface area contributed by atoms with Crippen LogP contribution in [-0.4, -0.2) is 101 Å². The molecule has 1 saturated carbocycles. The molecule has 0 radical (unpaired) electrons. The molecule has 10 heterocycles. The van der Waals surface area contributed by atoms with Gasteiger partial charge in [-0.05, 0) is 97.9 Å². The van der Waals surface area contributed by atoms with Crippen molar-refractivity contribution in [3.63, 3.8) is 0 Å². The largest absolute Gasteiger partial charge is 0.474 e. The number of hydrogen-bond acceptors (Lipinski definition) is 21. The first-order chi connectivity index (χ1) is 46.1. The number of unbranched alkanes of at least 4 members (excludes halogenated alkanes) is 4. The van der Waals surface area contributed by atoms with Gasteiger partial charge in [-0.25, -0.2) is 41.9 Å². The number of aromatic amines is 1. The van der Waals surface area contributed by atoms with E-state index in [4.69, 9.17) is 36.3 Å². The Bertz CT molecular complexity index is 4410. The molecule has 0 spiro atoms. The van der Waals surface area contributed by atoms with Crippen molar-refractivity contribution < 1.29 is 78.6 Å². The number of rotatable bonds is 20. The van der Waals surface area contributed by atoms with Crippen molar-refractivity contribution in [1.82, 2.24) is 14.6 Å². The highest BCUT2D eigenvalue weighted by Crippen LogP contribution is 2.34. The highest BCUT2D eigenvalue weighted by atomic mass is 19.1. The summed E-state index contributed by atoms with van der Waals surface area (Å²) in [6, 6.07) is 6.69. The van der Waals surface area contributed by atoms with Gasteiger partial charge in [0.05, 0.1) is 47.9 Å². The number of halogens is 3. The Kier molecular flexibility index (Phi) is 26.6. The first-order valence-electron chi connectivity index (χ1n) is 31.4. The van der Waals surface area contributed by atoms with Crippen molar-refractivity contribution in [2.24, 2.45) is 20.9 Å². The van der Waals surface area contributed by atoms with Crippen LogP contribution < -0.4 is 39.4 Å². The minimum Gasteiger partial charge on any atom is -0.474 e. The van der Waals surface area contributed by atoms with Crippen molar-refractivity contribution in [2.45, 2.75) is 163 Å². The second-order valence-corrected chi connectivity index (χ2v) is 22.6. The van der Waals surface area contributed by atoms with Crippen LogP contribution in [0.25, 0.3) is 11.1 Å². The van der Waals surface area contributed by atoms with Crippen molar-refractivity contribution in [3.05, 3.63) is 176 Å². The Morgan fingerprint density at radius 2 is 0.865 bits per heavy atom. The lowest BCUT2D eigenvalue weighted by Crippen LogP contribution is -2.40. The van der Waals surface area contributed by atoms with Crippen LogP contribution in [0, 0.1) is 5.92 Å². The summed E-state index contributed by atoms with van der Waals surface area (Å²) in [6.07, 6.45) is 14.7. The van der Waals surface area contributed by atoms with Crippen molar-refractivity contribution in [2.75, 3.05) is 34.1 Å². The molecule has 1 aliphatic carbocycles. The fraction of sp³-hybridized carbons (Fsp3) is 0.470. The van der Waals surface area contributed by atoms with Crippen LogP contribution in [0.2, 0.25) is 0 Å². The van der Waals surface area contributed by atoms with Crippen LogP contribution in [0.4, 0.5) is 13.2 Å². The summed E-state index contributed by atoms with van der Waals surface area (Å²) in [5.74, 6) is -0.579. The number of aryl methyl sites for hydroxylation is 5. The number of aliphatic imine (C=N–C) groups is 3. The van der Waals surface area contributed by atoms with E-state index in [0.717, 1.165) is 86.2 Å². The van der Waals surface area contributed by atoms with Crippen LogP contribution in [0.1, 0.15) is 183 Å². The molecule has 11 rings (SSSR count). The highest BCUT2D eigenvalue weighted by molar-refractivity contribution is 6.10. The summed E-state index contributed by atoms with van der Waals surface area (Å²) < 4.78 is 76.8. The minimum atomic E-state index is -1.09. The van der Waals surface area contributed by atoms with Gasteiger partial charge in [-0.3, -0.25) is 38.7 Å². The molecule has 514 valence electrons. The number of carbonyl (C=O) groups is 5.